The van der Waals surface area contributed by atoms with E-state index in [1.807, 2.05) is 44.2 Å². The molecule has 2 aromatic rings. The largest absolute Gasteiger partial charge is 0.416 e. The summed E-state index contributed by atoms with van der Waals surface area (Å²) in [5.74, 6) is -0.452. The van der Waals surface area contributed by atoms with Crippen molar-refractivity contribution in [2.45, 2.75) is 62.7 Å². The number of rotatable bonds is 8. The quantitative estimate of drug-likeness (QED) is 0.488. The monoisotopic (exact) mass is 512 g/mol. The molecule has 1 saturated carbocycles. The van der Waals surface area contributed by atoms with Gasteiger partial charge in [-0.25, -0.2) is 13.1 Å². The predicted molar refractivity (Wildman–Crippen MR) is 126 cm³/mol. The van der Waals surface area contributed by atoms with E-state index in [-0.39, 0.29) is 23.3 Å². The van der Waals surface area contributed by atoms with Crippen LogP contribution in [0.2, 0.25) is 0 Å². The normalized spacial score (nSPS) is 20.3. The van der Waals surface area contributed by atoms with Gasteiger partial charge in [-0.15, -0.1) is 0 Å². The fraction of sp³-hybridized carbons (Fsp3) is 0.480. The summed E-state index contributed by atoms with van der Waals surface area (Å²) in [7, 11) is -3.98. The highest BCUT2D eigenvalue weighted by Crippen LogP contribution is 2.35. The van der Waals surface area contributed by atoms with Gasteiger partial charge in [-0.1, -0.05) is 44.2 Å². The van der Waals surface area contributed by atoms with Gasteiger partial charge in [0.25, 0.3) is 0 Å². The van der Waals surface area contributed by atoms with Crippen LogP contribution in [0, 0.1) is 11.3 Å². The lowest BCUT2D eigenvalue weighted by molar-refractivity contribution is -0.137. The number of nitrogens with one attached hydrogen (secondary N) is 2. The highest BCUT2D eigenvalue weighted by Gasteiger charge is 2.35. The maximum absolute atomic E-state index is 13.0. The first-order valence-electron chi connectivity index (χ1n) is 11.5. The van der Waals surface area contributed by atoms with Crippen LogP contribution in [0.3, 0.4) is 0 Å². The molecule has 0 radical (unpaired) electrons. The van der Waals surface area contributed by atoms with Crippen LogP contribution >= 0.6 is 0 Å². The summed E-state index contributed by atoms with van der Waals surface area (Å²) < 4.78 is 66.0. The Kier molecular flexibility index (Phi) is 8.28. The highest BCUT2D eigenvalue weighted by molar-refractivity contribution is 7.89. The molecule has 10 heteroatoms. The fourth-order valence-corrected chi connectivity index (χ4v) is 5.62. The molecule has 3 N–H and O–H groups in total. The van der Waals surface area contributed by atoms with Crippen LogP contribution in [0.15, 0.2) is 59.5 Å². The molecule has 35 heavy (non-hydrogen) atoms. The third kappa shape index (κ3) is 6.83. The first-order valence-corrected chi connectivity index (χ1v) is 13.0. The number of aliphatic hydroxyl groups excluding tert-OH is 1. The molecule has 0 aromatic heterocycles. The lowest BCUT2D eigenvalue weighted by atomic mass is 9.80. The fourth-order valence-electron chi connectivity index (χ4n) is 4.31. The average molecular weight is 513 g/mol. The van der Waals surface area contributed by atoms with Gasteiger partial charge in [0, 0.05) is 17.4 Å². The third-order valence-corrected chi connectivity index (χ3v) is 8.06. The topological polar surface area (TPSA) is 95.5 Å². The number of aliphatic hydroxyl groups is 1. The van der Waals surface area contributed by atoms with Crippen molar-refractivity contribution in [1.29, 1.82) is 0 Å². The van der Waals surface area contributed by atoms with Crippen LogP contribution in [0.25, 0.3) is 0 Å². The van der Waals surface area contributed by atoms with Gasteiger partial charge in [0.1, 0.15) is 0 Å². The van der Waals surface area contributed by atoms with E-state index >= 15 is 0 Å². The van der Waals surface area contributed by atoms with E-state index in [1.165, 1.54) is 0 Å². The zero-order valence-electron chi connectivity index (χ0n) is 19.7. The molecule has 1 amide bonds. The Bertz CT molecular complexity index is 1100. The molecule has 1 fully saturated rings. The van der Waals surface area contributed by atoms with E-state index in [0.29, 0.717) is 25.7 Å². The summed E-state index contributed by atoms with van der Waals surface area (Å²) in [6.45, 7) is 3.63. The number of hydrogen-bond acceptors (Lipinski definition) is 4. The van der Waals surface area contributed by atoms with Gasteiger partial charge in [0.2, 0.25) is 15.9 Å². The van der Waals surface area contributed by atoms with Crippen LogP contribution in [0.1, 0.15) is 56.7 Å². The standard InChI is InChI=1S/C25H31F3N2O4S/c1-24(2,16-31)22(17-6-4-3-5-7-17)29-23(32)18-8-12-20(13-9-18)30-35(33,34)21-14-10-19(11-15-21)25(26,27)28/h3-7,10-11,14-15,18,20,22,30-31H,8-9,12-13,16H2,1-2H3,(H,29,32)/t18?,20?,22-/m1/s1. The van der Waals surface area contributed by atoms with Crippen LogP contribution in [0.5, 0.6) is 0 Å². The third-order valence-electron chi connectivity index (χ3n) is 6.52. The zero-order chi connectivity index (χ0) is 25.9. The second-order valence-corrected chi connectivity index (χ2v) is 11.4. The zero-order valence-corrected chi connectivity index (χ0v) is 20.5. The van der Waals surface area contributed by atoms with E-state index in [0.717, 1.165) is 29.8 Å². The van der Waals surface area contributed by atoms with E-state index in [1.54, 1.807) is 0 Å². The molecule has 3 rings (SSSR count). The van der Waals surface area contributed by atoms with Crippen molar-refractivity contribution < 1.29 is 31.5 Å². The number of amides is 1. The first kappa shape index (κ1) is 27.2. The number of benzene rings is 2. The summed E-state index contributed by atoms with van der Waals surface area (Å²) >= 11 is 0. The number of carbonyl (C=O) groups is 1. The van der Waals surface area contributed by atoms with Crippen molar-refractivity contribution in [2.24, 2.45) is 11.3 Å². The Balaban J connectivity index is 1.60. The van der Waals surface area contributed by atoms with Gasteiger partial charge in [0.15, 0.2) is 0 Å². The summed E-state index contributed by atoms with van der Waals surface area (Å²) in [6.07, 6.45) is -2.75. The van der Waals surface area contributed by atoms with Crippen molar-refractivity contribution in [2.75, 3.05) is 6.61 Å². The maximum Gasteiger partial charge on any atom is 0.416 e. The first-order chi connectivity index (χ1) is 16.3. The number of halogens is 3. The second-order valence-electron chi connectivity index (χ2n) is 9.69. The Hall–Kier alpha value is -2.43. The Morgan fingerprint density at radius 1 is 1.00 bits per heavy atom. The van der Waals surface area contributed by atoms with Gasteiger partial charge in [-0.3, -0.25) is 4.79 Å². The number of alkyl halides is 3. The second kappa shape index (κ2) is 10.7. The summed E-state index contributed by atoms with van der Waals surface area (Å²) in [5.41, 5.74) is -0.620. The number of hydrogen-bond donors (Lipinski definition) is 3. The molecule has 1 aliphatic rings. The number of sulfonamides is 1. The lowest BCUT2D eigenvalue weighted by Crippen LogP contribution is -2.45. The van der Waals surface area contributed by atoms with Crippen LogP contribution < -0.4 is 10.0 Å². The van der Waals surface area contributed by atoms with Crippen molar-refractivity contribution in [1.82, 2.24) is 10.0 Å². The molecule has 1 aliphatic carbocycles. The molecule has 192 valence electrons. The molecule has 0 unspecified atom stereocenters. The molecule has 0 spiro atoms. The van der Waals surface area contributed by atoms with Crippen LogP contribution in [-0.2, 0) is 21.0 Å². The predicted octanol–water partition coefficient (Wildman–Crippen LogP) is 4.42. The minimum Gasteiger partial charge on any atom is -0.396 e. The highest BCUT2D eigenvalue weighted by atomic mass is 32.2. The van der Waals surface area contributed by atoms with Gasteiger partial charge in [-0.2, -0.15) is 13.2 Å². The van der Waals surface area contributed by atoms with E-state index in [2.05, 4.69) is 10.0 Å². The van der Waals surface area contributed by atoms with E-state index in [9.17, 15) is 31.5 Å². The molecule has 0 saturated heterocycles. The minimum absolute atomic E-state index is 0.120. The number of carbonyl (C=O) groups excluding carboxylic acids is 1. The van der Waals surface area contributed by atoms with Crippen molar-refractivity contribution in [3.8, 4) is 0 Å². The average Bonchev–Trinajstić information content (AvgIpc) is 2.82. The Morgan fingerprint density at radius 2 is 1.57 bits per heavy atom. The van der Waals surface area contributed by atoms with Gasteiger partial charge in [0.05, 0.1) is 23.1 Å². The van der Waals surface area contributed by atoms with E-state index in [4.69, 9.17) is 0 Å². The van der Waals surface area contributed by atoms with E-state index < -0.39 is 39.3 Å². The van der Waals surface area contributed by atoms with Gasteiger partial charge in [-0.05, 0) is 55.5 Å². The molecule has 0 bridgehead atoms. The Labute approximate surface area is 204 Å². The van der Waals surface area contributed by atoms with Gasteiger partial charge < -0.3 is 10.4 Å². The van der Waals surface area contributed by atoms with Crippen LogP contribution in [-0.4, -0.2) is 32.1 Å². The van der Waals surface area contributed by atoms with Crippen molar-refractivity contribution in [3.63, 3.8) is 0 Å². The molecule has 0 aliphatic heterocycles. The molecule has 0 heterocycles. The summed E-state index contributed by atoms with van der Waals surface area (Å²) in [5, 5.41) is 12.9. The SMILES string of the molecule is CC(C)(CO)[C@H](NC(=O)C1CCC(NS(=O)(=O)c2ccc(C(F)(F)F)cc2)CC1)c1ccccc1. The van der Waals surface area contributed by atoms with Crippen molar-refractivity contribution >= 4 is 15.9 Å². The smallest absolute Gasteiger partial charge is 0.396 e. The summed E-state index contributed by atoms with van der Waals surface area (Å²) in [4.78, 5) is 12.8. The summed E-state index contributed by atoms with van der Waals surface area (Å²) in [6, 6.07) is 12.0. The van der Waals surface area contributed by atoms with Gasteiger partial charge >= 0.3 is 6.18 Å². The minimum atomic E-state index is -4.54. The van der Waals surface area contributed by atoms with Crippen LogP contribution in [0.4, 0.5) is 13.2 Å². The molecule has 2 aromatic carbocycles. The molecule has 1 atom stereocenters. The molecular formula is C25H31F3N2O4S. The maximum atomic E-state index is 13.0. The lowest BCUT2D eigenvalue weighted by Gasteiger charge is -2.36. The van der Waals surface area contributed by atoms with Crippen molar-refractivity contribution in [3.05, 3.63) is 65.7 Å². The Morgan fingerprint density at radius 3 is 2.09 bits per heavy atom. The molecular weight excluding hydrogens is 481 g/mol. The molecule has 6 nitrogen and oxygen atoms in total.